The van der Waals surface area contributed by atoms with Gasteiger partial charge in [-0.2, -0.15) is 5.10 Å². The number of carbonyl (C=O) groups excluding carboxylic acids is 1. The van der Waals surface area contributed by atoms with E-state index >= 15 is 0 Å². The molecule has 0 saturated heterocycles. The number of hydrogen-bond donors (Lipinski definition) is 1. The molecule has 0 bridgehead atoms. The van der Waals surface area contributed by atoms with Gasteiger partial charge in [-0.1, -0.05) is 49.7 Å². The molecule has 0 aliphatic heterocycles. The van der Waals surface area contributed by atoms with Gasteiger partial charge >= 0.3 is 0 Å². The Labute approximate surface area is 169 Å². The minimum atomic E-state index is -0.250. The van der Waals surface area contributed by atoms with Crippen molar-refractivity contribution in [3.05, 3.63) is 60.2 Å². The predicted molar refractivity (Wildman–Crippen MR) is 115 cm³/mol. The number of carbonyl (C=O) groups is 1. The van der Waals surface area contributed by atoms with Gasteiger partial charge in [0, 0.05) is 11.9 Å². The van der Waals surface area contributed by atoms with Gasteiger partial charge in [0.2, 0.25) is 0 Å². The van der Waals surface area contributed by atoms with E-state index in [-0.39, 0.29) is 12.5 Å². The highest BCUT2D eigenvalue weighted by Gasteiger charge is 2.16. The summed E-state index contributed by atoms with van der Waals surface area (Å²) < 4.78 is 7.43. The highest BCUT2D eigenvalue weighted by Crippen LogP contribution is 2.27. The summed E-state index contributed by atoms with van der Waals surface area (Å²) in [6, 6.07) is 17.4. The zero-order valence-electron chi connectivity index (χ0n) is 16.7. The van der Waals surface area contributed by atoms with E-state index < -0.39 is 0 Å². The van der Waals surface area contributed by atoms with E-state index in [1.54, 1.807) is 0 Å². The predicted octanol–water partition coefficient (Wildman–Crippen LogP) is 4.71. The molecule has 4 aromatic rings. The summed E-state index contributed by atoms with van der Waals surface area (Å²) >= 11 is 0. The number of pyridine rings is 1. The van der Waals surface area contributed by atoms with E-state index in [0.717, 1.165) is 46.9 Å². The van der Waals surface area contributed by atoms with Crippen LogP contribution in [0, 0.1) is 6.92 Å². The van der Waals surface area contributed by atoms with Crippen LogP contribution < -0.4 is 10.1 Å². The maximum atomic E-state index is 12.5. The van der Waals surface area contributed by atoms with Crippen molar-refractivity contribution in [1.29, 1.82) is 0 Å². The molecule has 2 aromatic carbocycles. The van der Waals surface area contributed by atoms with E-state index in [9.17, 15) is 4.79 Å². The van der Waals surface area contributed by atoms with Crippen molar-refractivity contribution in [2.75, 3.05) is 11.9 Å². The molecule has 0 aliphatic rings. The summed E-state index contributed by atoms with van der Waals surface area (Å²) in [5.41, 5.74) is 2.87. The third-order valence-corrected chi connectivity index (χ3v) is 4.84. The van der Waals surface area contributed by atoms with E-state index in [1.165, 1.54) is 0 Å². The SMILES string of the molecule is CCCCn1nc(NC(=O)COc2ccccc2)c2cc3cccc(C)c3nc21. The number of benzene rings is 2. The fourth-order valence-corrected chi connectivity index (χ4v) is 3.32. The first-order valence-electron chi connectivity index (χ1n) is 9.90. The number of anilines is 1. The van der Waals surface area contributed by atoms with Gasteiger partial charge in [0.05, 0.1) is 10.9 Å². The van der Waals surface area contributed by atoms with Crippen LogP contribution in [0.1, 0.15) is 25.3 Å². The zero-order chi connectivity index (χ0) is 20.2. The fraction of sp³-hybridized carbons (Fsp3) is 0.261. The van der Waals surface area contributed by atoms with Gasteiger partial charge in [0.15, 0.2) is 18.1 Å². The molecule has 4 rings (SSSR count). The molecular formula is C23H24N4O2. The Morgan fingerprint density at radius 3 is 2.76 bits per heavy atom. The van der Waals surface area contributed by atoms with E-state index in [4.69, 9.17) is 9.72 Å². The lowest BCUT2D eigenvalue weighted by molar-refractivity contribution is -0.118. The normalized spacial score (nSPS) is 11.1. The van der Waals surface area contributed by atoms with Gasteiger partial charge in [-0.15, -0.1) is 0 Å². The lowest BCUT2D eigenvalue weighted by atomic mass is 10.1. The summed E-state index contributed by atoms with van der Waals surface area (Å²) in [6.45, 7) is 4.88. The topological polar surface area (TPSA) is 69.0 Å². The standard InChI is InChI=1S/C23H24N4O2/c1-3-4-13-27-23-19(14-17-10-8-9-16(2)21(17)25-23)22(26-27)24-20(28)15-29-18-11-6-5-7-12-18/h5-12,14H,3-4,13,15H2,1-2H3,(H,24,26,28). The Morgan fingerprint density at radius 1 is 1.14 bits per heavy atom. The van der Waals surface area contributed by atoms with Crippen LogP contribution in [0.4, 0.5) is 5.82 Å². The number of nitrogens with zero attached hydrogens (tertiary/aromatic N) is 3. The molecule has 0 atom stereocenters. The maximum absolute atomic E-state index is 12.5. The van der Waals surface area contributed by atoms with Crippen LogP contribution in [-0.2, 0) is 11.3 Å². The Hall–Kier alpha value is -3.41. The minimum Gasteiger partial charge on any atom is -0.484 e. The summed E-state index contributed by atoms with van der Waals surface area (Å²) in [7, 11) is 0. The quantitative estimate of drug-likeness (QED) is 0.498. The molecule has 0 unspecified atom stereocenters. The number of nitrogens with one attached hydrogen (secondary N) is 1. The highest BCUT2D eigenvalue weighted by molar-refractivity contribution is 6.03. The summed E-state index contributed by atoms with van der Waals surface area (Å²) in [5.74, 6) is 0.929. The second-order valence-corrected chi connectivity index (χ2v) is 7.08. The molecule has 0 radical (unpaired) electrons. The average molecular weight is 388 g/mol. The number of amides is 1. The Bertz CT molecular complexity index is 1150. The van der Waals surface area contributed by atoms with Crippen molar-refractivity contribution in [2.45, 2.75) is 33.2 Å². The number of ether oxygens (including phenoxy) is 1. The number of unbranched alkanes of at least 4 members (excludes halogenated alkanes) is 1. The molecule has 2 aromatic heterocycles. The van der Waals surface area contributed by atoms with Crippen molar-refractivity contribution < 1.29 is 9.53 Å². The first kappa shape index (κ1) is 18.9. The average Bonchev–Trinajstić information content (AvgIpc) is 3.07. The molecule has 1 N–H and O–H groups in total. The largest absolute Gasteiger partial charge is 0.484 e. The Morgan fingerprint density at radius 2 is 1.97 bits per heavy atom. The molecule has 6 heteroatoms. The third kappa shape index (κ3) is 4.06. The number of rotatable bonds is 7. The van der Waals surface area contributed by atoms with Crippen LogP contribution in [0.25, 0.3) is 21.9 Å². The Balaban J connectivity index is 1.64. The molecule has 29 heavy (non-hydrogen) atoms. The van der Waals surface area contributed by atoms with Crippen molar-refractivity contribution in [1.82, 2.24) is 14.8 Å². The van der Waals surface area contributed by atoms with E-state index in [2.05, 4.69) is 30.3 Å². The van der Waals surface area contributed by atoms with Crippen LogP contribution in [0.3, 0.4) is 0 Å². The molecule has 0 spiro atoms. The second-order valence-electron chi connectivity index (χ2n) is 7.08. The van der Waals surface area contributed by atoms with Crippen LogP contribution in [0.5, 0.6) is 5.75 Å². The smallest absolute Gasteiger partial charge is 0.263 e. The number of para-hydroxylation sites is 2. The van der Waals surface area contributed by atoms with Crippen molar-refractivity contribution >= 4 is 33.7 Å². The lowest BCUT2D eigenvalue weighted by Gasteiger charge is -2.06. The monoisotopic (exact) mass is 388 g/mol. The van der Waals surface area contributed by atoms with E-state index in [0.29, 0.717) is 11.6 Å². The van der Waals surface area contributed by atoms with E-state index in [1.807, 2.05) is 53.2 Å². The number of hydrogen-bond acceptors (Lipinski definition) is 4. The van der Waals surface area contributed by atoms with Crippen molar-refractivity contribution in [3.63, 3.8) is 0 Å². The molecule has 1 amide bonds. The van der Waals surface area contributed by atoms with Gasteiger partial charge in [0.25, 0.3) is 5.91 Å². The number of aryl methyl sites for hydroxylation is 2. The molecule has 0 fully saturated rings. The molecule has 148 valence electrons. The molecule has 0 saturated carbocycles. The molecular weight excluding hydrogens is 364 g/mol. The maximum Gasteiger partial charge on any atom is 0.263 e. The van der Waals surface area contributed by atoms with Gasteiger partial charge in [-0.3, -0.25) is 4.79 Å². The molecule has 0 aliphatic carbocycles. The number of aromatic nitrogens is 3. The van der Waals surface area contributed by atoms with Crippen LogP contribution in [0.15, 0.2) is 54.6 Å². The van der Waals surface area contributed by atoms with Crippen molar-refractivity contribution in [3.8, 4) is 5.75 Å². The molecule has 2 heterocycles. The third-order valence-electron chi connectivity index (χ3n) is 4.84. The lowest BCUT2D eigenvalue weighted by Crippen LogP contribution is -2.20. The first-order chi connectivity index (χ1) is 14.2. The fourth-order valence-electron chi connectivity index (χ4n) is 3.32. The summed E-state index contributed by atoms with van der Waals surface area (Å²) in [4.78, 5) is 17.3. The Kier molecular flexibility index (Phi) is 5.42. The first-order valence-corrected chi connectivity index (χ1v) is 9.90. The van der Waals surface area contributed by atoms with Crippen LogP contribution >= 0.6 is 0 Å². The van der Waals surface area contributed by atoms with Gasteiger partial charge in [-0.05, 0) is 37.1 Å². The van der Waals surface area contributed by atoms with Crippen LogP contribution in [0.2, 0.25) is 0 Å². The summed E-state index contributed by atoms with van der Waals surface area (Å²) in [5, 5.41) is 9.41. The highest BCUT2D eigenvalue weighted by atomic mass is 16.5. The van der Waals surface area contributed by atoms with Gasteiger partial charge in [-0.25, -0.2) is 9.67 Å². The van der Waals surface area contributed by atoms with Gasteiger partial charge < -0.3 is 10.1 Å². The van der Waals surface area contributed by atoms with Crippen molar-refractivity contribution in [2.24, 2.45) is 0 Å². The second kappa shape index (κ2) is 8.31. The zero-order valence-corrected chi connectivity index (χ0v) is 16.7. The number of fused-ring (bicyclic) bond motifs is 2. The molecule has 6 nitrogen and oxygen atoms in total. The summed E-state index contributed by atoms with van der Waals surface area (Å²) in [6.07, 6.45) is 2.05. The van der Waals surface area contributed by atoms with Gasteiger partial charge in [0.1, 0.15) is 5.75 Å². The minimum absolute atomic E-state index is 0.0759. The van der Waals surface area contributed by atoms with Crippen LogP contribution in [-0.4, -0.2) is 27.3 Å².